The van der Waals surface area contributed by atoms with Crippen LogP contribution in [0.2, 0.25) is 0 Å². The van der Waals surface area contributed by atoms with Gasteiger partial charge in [-0.05, 0) is 36.7 Å². The van der Waals surface area contributed by atoms with Crippen LogP contribution in [0.15, 0.2) is 24.3 Å². The summed E-state index contributed by atoms with van der Waals surface area (Å²) in [6.07, 6.45) is 0. The minimum atomic E-state index is 0.730. The standard InChI is InChI=1S/C16H25N3O/c1-13-11-17-12-16(13)19-9-7-18(8-10-19)14-3-5-15(20-2)6-4-14/h3-6,13,16-17H,7-12H2,1-2H3. The lowest BCUT2D eigenvalue weighted by atomic mass is 10.0. The Morgan fingerprint density at radius 1 is 1.05 bits per heavy atom. The summed E-state index contributed by atoms with van der Waals surface area (Å²) in [6.45, 7) is 9.27. The molecule has 4 nitrogen and oxygen atoms in total. The molecular formula is C16H25N3O. The first-order valence-corrected chi connectivity index (χ1v) is 7.61. The zero-order valence-electron chi connectivity index (χ0n) is 12.5. The summed E-state index contributed by atoms with van der Waals surface area (Å²) in [6, 6.07) is 9.14. The van der Waals surface area contributed by atoms with E-state index in [1.165, 1.54) is 25.3 Å². The summed E-state index contributed by atoms with van der Waals surface area (Å²) in [7, 11) is 1.71. The first-order chi connectivity index (χ1) is 9.78. The van der Waals surface area contributed by atoms with E-state index in [0.717, 1.165) is 37.3 Å². The van der Waals surface area contributed by atoms with Crippen molar-refractivity contribution in [1.29, 1.82) is 0 Å². The maximum atomic E-state index is 5.22. The van der Waals surface area contributed by atoms with Crippen LogP contribution in [0.3, 0.4) is 0 Å². The van der Waals surface area contributed by atoms with E-state index >= 15 is 0 Å². The molecular weight excluding hydrogens is 250 g/mol. The number of piperazine rings is 1. The second kappa shape index (κ2) is 6.02. The average Bonchev–Trinajstić information content (AvgIpc) is 2.94. The Bertz CT molecular complexity index is 426. The summed E-state index contributed by atoms with van der Waals surface area (Å²) in [5.74, 6) is 1.71. The number of benzene rings is 1. The molecule has 110 valence electrons. The van der Waals surface area contributed by atoms with Crippen molar-refractivity contribution in [3.63, 3.8) is 0 Å². The summed E-state index contributed by atoms with van der Waals surface area (Å²) in [5.41, 5.74) is 1.31. The van der Waals surface area contributed by atoms with Gasteiger partial charge in [0.05, 0.1) is 7.11 Å². The van der Waals surface area contributed by atoms with E-state index in [0.29, 0.717) is 0 Å². The maximum Gasteiger partial charge on any atom is 0.119 e. The fourth-order valence-electron chi connectivity index (χ4n) is 3.39. The number of methoxy groups -OCH3 is 1. The quantitative estimate of drug-likeness (QED) is 0.903. The van der Waals surface area contributed by atoms with Crippen molar-refractivity contribution in [1.82, 2.24) is 10.2 Å². The van der Waals surface area contributed by atoms with Crippen LogP contribution < -0.4 is 15.0 Å². The first-order valence-electron chi connectivity index (χ1n) is 7.61. The van der Waals surface area contributed by atoms with E-state index in [4.69, 9.17) is 4.74 Å². The molecule has 4 heteroatoms. The van der Waals surface area contributed by atoms with E-state index in [1.807, 2.05) is 12.1 Å². The van der Waals surface area contributed by atoms with Gasteiger partial charge in [-0.25, -0.2) is 0 Å². The number of hydrogen-bond acceptors (Lipinski definition) is 4. The van der Waals surface area contributed by atoms with E-state index in [-0.39, 0.29) is 0 Å². The minimum Gasteiger partial charge on any atom is -0.497 e. The Kier molecular flexibility index (Phi) is 4.13. The van der Waals surface area contributed by atoms with Gasteiger partial charge in [0.15, 0.2) is 0 Å². The molecule has 0 radical (unpaired) electrons. The molecule has 2 heterocycles. The molecule has 1 aromatic carbocycles. The molecule has 20 heavy (non-hydrogen) atoms. The molecule has 0 aliphatic carbocycles. The van der Waals surface area contributed by atoms with Crippen LogP contribution in [-0.2, 0) is 0 Å². The normalized spacial score (nSPS) is 27.8. The molecule has 0 saturated carbocycles. The van der Waals surface area contributed by atoms with Crippen molar-refractivity contribution in [3.05, 3.63) is 24.3 Å². The predicted octanol–water partition coefficient (Wildman–Crippen LogP) is 1.43. The number of anilines is 1. The lowest BCUT2D eigenvalue weighted by Gasteiger charge is -2.40. The largest absolute Gasteiger partial charge is 0.497 e. The third kappa shape index (κ3) is 2.76. The van der Waals surface area contributed by atoms with Gasteiger partial charge in [-0.3, -0.25) is 4.90 Å². The second-order valence-electron chi connectivity index (χ2n) is 5.92. The fourth-order valence-corrected chi connectivity index (χ4v) is 3.39. The highest BCUT2D eigenvalue weighted by Crippen LogP contribution is 2.22. The van der Waals surface area contributed by atoms with E-state index in [2.05, 4.69) is 34.2 Å². The van der Waals surface area contributed by atoms with Crippen LogP contribution in [0, 0.1) is 5.92 Å². The van der Waals surface area contributed by atoms with Gasteiger partial charge in [-0.15, -0.1) is 0 Å². The van der Waals surface area contributed by atoms with E-state index in [9.17, 15) is 0 Å². The molecule has 2 aliphatic heterocycles. The Hall–Kier alpha value is -1.26. The SMILES string of the molecule is COc1ccc(N2CCN(C3CNCC3C)CC2)cc1. The predicted molar refractivity (Wildman–Crippen MR) is 82.6 cm³/mol. The number of nitrogens with one attached hydrogen (secondary N) is 1. The van der Waals surface area contributed by atoms with Crippen molar-refractivity contribution < 1.29 is 4.74 Å². The molecule has 1 N–H and O–H groups in total. The fraction of sp³-hybridized carbons (Fsp3) is 0.625. The summed E-state index contributed by atoms with van der Waals surface area (Å²) in [5, 5.41) is 3.51. The summed E-state index contributed by atoms with van der Waals surface area (Å²) >= 11 is 0. The third-order valence-corrected chi connectivity index (χ3v) is 4.70. The molecule has 0 aromatic heterocycles. The molecule has 0 spiro atoms. The number of ether oxygens (including phenoxy) is 1. The monoisotopic (exact) mass is 275 g/mol. The van der Waals surface area contributed by atoms with Crippen LogP contribution >= 0.6 is 0 Å². The highest BCUT2D eigenvalue weighted by atomic mass is 16.5. The van der Waals surface area contributed by atoms with Gasteiger partial charge in [0.25, 0.3) is 0 Å². The van der Waals surface area contributed by atoms with Gasteiger partial charge in [0, 0.05) is 44.5 Å². The molecule has 2 aliphatic rings. The topological polar surface area (TPSA) is 27.7 Å². The zero-order chi connectivity index (χ0) is 13.9. The molecule has 0 amide bonds. The molecule has 2 fully saturated rings. The second-order valence-corrected chi connectivity index (χ2v) is 5.92. The van der Waals surface area contributed by atoms with E-state index in [1.54, 1.807) is 7.11 Å². The zero-order valence-corrected chi connectivity index (χ0v) is 12.5. The number of rotatable bonds is 3. The van der Waals surface area contributed by atoms with Crippen LogP contribution in [0.1, 0.15) is 6.92 Å². The molecule has 2 atom stereocenters. The maximum absolute atomic E-state index is 5.22. The highest BCUT2D eigenvalue weighted by Gasteiger charge is 2.30. The third-order valence-electron chi connectivity index (χ3n) is 4.70. The van der Waals surface area contributed by atoms with Gasteiger partial charge < -0.3 is 15.0 Å². The number of nitrogens with zero attached hydrogens (tertiary/aromatic N) is 2. The smallest absolute Gasteiger partial charge is 0.119 e. The Morgan fingerprint density at radius 3 is 2.30 bits per heavy atom. The van der Waals surface area contributed by atoms with Gasteiger partial charge in [0.2, 0.25) is 0 Å². The van der Waals surface area contributed by atoms with Gasteiger partial charge in [0.1, 0.15) is 5.75 Å². The molecule has 2 saturated heterocycles. The average molecular weight is 275 g/mol. The Morgan fingerprint density at radius 2 is 1.75 bits per heavy atom. The van der Waals surface area contributed by atoms with Crippen molar-refractivity contribution in [2.75, 3.05) is 51.3 Å². The van der Waals surface area contributed by atoms with E-state index < -0.39 is 0 Å². The van der Waals surface area contributed by atoms with Gasteiger partial charge >= 0.3 is 0 Å². The molecule has 3 rings (SSSR count). The van der Waals surface area contributed by atoms with Crippen molar-refractivity contribution in [2.24, 2.45) is 5.92 Å². The lowest BCUT2D eigenvalue weighted by Crippen LogP contribution is -2.52. The van der Waals surface area contributed by atoms with Crippen LogP contribution in [-0.4, -0.2) is 57.3 Å². The van der Waals surface area contributed by atoms with Crippen molar-refractivity contribution >= 4 is 5.69 Å². The highest BCUT2D eigenvalue weighted by molar-refractivity contribution is 5.49. The van der Waals surface area contributed by atoms with Crippen LogP contribution in [0.25, 0.3) is 0 Å². The van der Waals surface area contributed by atoms with Crippen molar-refractivity contribution in [2.45, 2.75) is 13.0 Å². The lowest BCUT2D eigenvalue weighted by molar-refractivity contribution is 0.168. The van der Waals surface area contributed by atoms with Gasteiger partial charge in [-0.2, -0.15) is 0 Å². The molecule has 0 bridgehead atoms. The summed E-state index contributed by atoms with van der Waals surface area (Å²) in [4.78, 5) is 5.13. The van der Waals surface area contributed by atoms with Crippen LogP contribution in [0.4, 0.5) is 5.69 Å². The van der Waals surface area contributed by atoms with Crippen molar-refractivity contribution in [3.8, 4) is 5.75 Å². The molecule has 2 unspecified atom stereocenters. The summed E-state index contributed by atoms with van der Waals surface area (Å²) < 4.78 is 5.22. The first kappa shape index (κ1) is 13.7. The molecule has 1 aromatic rings. The minimum absolute atomic E-state index is 0.730. The Balaban J connectivity index is 1.57. The van der Waals surface area contributed by atoms with Crippen LogP contribution in [0.5, 0.6) is 5.75 Å². The number of hydrogen-bond donors (Lipinski definition) is 1. The van der Waals surface area contributed by atoms with Gasteiger partial charge in [-0.1, -0.05) is 6.92 Å². The Labute approximate surface area is 121 Å².